The van der Waals surface area contributed by atoms with Gasteiger partial charge in [0.15, 0.2) is 0 Å². The van der Waals surface area contributed by atoms with Gasteiger partial charge in [-0.05, 0) is 42.5 Å². The molecule has 3 N–H and O–H groups in total. The SMILES string of the molecule is NC(=S)c1ccc(Nc2ccc(C(F)(F)F)cc2Cl)cc1. The number of alkyl halides is 3. The van der Waals surface area contributed by atoms with E-state index in [1.807, 2.05) is 0 Å². The van der Waals surface area contributed by atoms with Crippen LogP contribution in [0.25, 0.3) is 0 Å². The topological polar surface area (TPSA) is 38.0 Å². The summed E-state index contributed by atoms with van der Waals surface area (Å²) in [5.74, 6) is 0. The van der Waals surface area contributed by atoms with Gasteiger partial charge in [0.25, 0.3) is 0 Å². The van der Waals surface area contributed by atoms with Crippen molar-refractivity contribution in [3.63, 3.8) is 0 Å². The smallest absolute Gasteiger partial charge is 0.389 e. The normalized spacial score (nSPS) is 11.2. The van der Waals surface area contributed by atoms with Gasteiger partial charge >= 0.3 is 6.18 Å². The Morgan fingerprint density at radius 2 is 1.71 bits per heavy atom. The Bertz CT molecular complexity index is 669. The lowest BCUT2D eigenvalue weighted by atomic mass is 10.1. The molecule has 2 nitrogen and oxygen atoms in total. The van der Waals surface area contributed by atoms with E-state index in [2.05, 4.69) is 5.32 Å². The second kappa shape index (κ2) is 5.91. The molecule has 21 heavy (non-hydrogen) atoms. The highest BCUT2D eigenvalue weighted by Gasteiger charge is 2.30. The number of benzene rings is 2. The van der Waals surface area contributed by atoms with Crippen LogP contribution in [0.5, 0.6) is 0 Å². The first-order chi connectivity index (χ1) is 9.77. The van der Waals surface area contributed by atoms with Gasteiger partial charge in [-0.25, -0.2) is 0 Å². The summed E-state index contributed by atoms with van der Waals surface area (Å²) in [5, 5.41) is 2.92. The number of halogens is 4. The van der Waals surface area contributed by atoms with Crippen LogP contribution in [-0.4, -0.2) is 4.99 Å². The van der Waals surface area contributed by atoms with Crippen molar-refractivity contribution in [1.29, 1.82) is 0 Å². The quantitative estimate of drug-likeness (QED) is 0.798. The van der Waals surface area contributed by atoms with Crippen LogP contribution in [0.2, 0.25) is 5.02 Å². The zero-order valence-electron chi connectivity index (χ0n) is 10.5. The summed E-state index contributed by atoms with van der Waals surface area (Å²) in [6.07, 6.45) is -4.42. The fraction of sp³-hybridized carbons (Fsp3) is 0.0714. The Labute approximate surface area is 129 Å². The number of anilines is 2. The predicted octanol–water partition coefficient (Wildman–Crippen LogP) is 4.74. The lowest BCUT2D eigenvalue weighted by Crippen LogP contribution is -2.08. The highest BCUT2D eigenvalue weighted by Crippen LogP contribution is 2.34. The van der Waals surface area contributed by atoms with Gasteiger partial charge in [0.2, 0.25) is 0 Å². The summed E-state index contributed by atoms with van der Waals surface area (Å²) >= 11 is 10.7. The van der Waals surface area contributed by atoms with E-state index in [0.717, 1.165) is 12.1 Å². The van der Waals surface area contributed by atoms with Crippen LogP contribution in [0.3, 0.4) is 0 Å². The summed E-state index contributed by atoms with van der Waals surface area (Å²) in [4.78, 5) is 0.272. The van der Waals surface area contributed by atoms with Crippen LogP contribution in [0.4, 0.5) is 24.5 Å². The minimum atomic E-state index is -4.42. The molecule has 0 spiro atoms. The summed E-state index contributed by atoms with van der Waals surface area (Å²) < 4.78 is 37.6. The van der Waals surface area contributed by atoms with E-state index in [1.165, 1.54) is 6.07 Å². The molecule has 7 heteroatoms. The second-order valence-corrected chi connectivity index (χ2v) is 5.11. The zero-order chi connectivity index (χ0) is 15.6. The van der Waals surface area contributed by atoms with Crippen LogP contribution in [0.1, 0.15) is 11.1 Å². The molecule has 0 amide bonds. The van der Waals surface area contributed by atoms with Crippen molar-refractivity contribution in [2.24, 2.45) is 5.73 Å². The minimum absolute atomic E-state index is 0.0109. The summed E-state index contributed by atoms with van der Waals surface area (Å²) in [5.41, 5.74) is 6.44. The van der Waals surface area contributed by atoms with Gasteiger partial charge < -0.3 is 11.1 Å². The molecule has 0 radical (unpaired) electrons. The summed E-state index contributed by atoms with van der Waals surface area (Å²) in [6, 6.07) is 9.98. The number of thiocarbonyl (C=S) groups is 1. The second-order valence-electron chi connectivity index (χ2n) is 4.26. The van der Waals surface area contributed by atoms with Gasteiger partial charge in [-0.15, -0.1) is 0 Å². The van der Waals surface area contributed by atoms with Gasteiger partial charge in [-0.1, -0.05) is 23.8 Å². The first kappa shape index (κ1) is 15.6. The molecule has 0 aromatic heterocycles. The third-order valence-electron chi connectivity index (χ3n) is 2.74. The van der Waals surface area contributed by atoms with E-state index in [4.69, 9.17) is 29.6 Å². The first-order valence-electron chi connectivity index (χ1n) is 5.81. The Morgan fingerprint density at radius 3 is 2.19 bits per heavy atom. The van der Waals surface area contributed by atoms with Gasteiger partial charge in [0.1, 0.15) is 4.99 Å². The lowest BCUT2D eigenvalue weighted by molar-refractivity contribution is -0.137. The Kier molecular flexibility index (Phi) is 4.39. The van der Waals surface area contributed by atoms with Crippen LogP contribution in [0.15, 0.2) is 42.5 Å². The molecule has 0 aliphatic heterocycles. The molecule has 0 aliphatic carbocycles. The van der Waals surface area contributed by atoms with Gasteiger partial charge in [-0.2, -0.15) is 13.2 Å². The number of nitrogens with one attached hydrogen (secondary N) is 1. The lowest BCUT2D eigenvalue weighted by Gasteiger charge is -2.12. The fourth-order valence-electron chi connectivity index (χ4n) is 1.67. The van der Waals surface area contributed by atoms with Crippen molar-refractivity contribution in [3.05, 3.63) is 58.6 Å². The van der Waals surface area contributed by atoms with Crippen LogP contribution < -0.4 is 11.1 Å². The van der Waals surface area contributed by atoms with Gasteiger partial charge in [0.05, 0.1) is 16.3 Å². The van der Waals surface area contributed by atoms with Crippen LogP contribution >= 0.6 is 23.8 Å². The molecule has 0 saturated heterocycles. The van der Waals surface area contributed by atoms with Crippen molar-refractivity contribution in [2.45, 2.75) is 6.18 Å². The Balaban J connectivity index is 2.22. The van der Waals surface area contributed by atoms with Gasteiger partial charge in [-0.3, -0.25) is 0 Å². The molecule has 2 aromatic rings. The molecule has 0 fully saturated rings. The third-order valence-corrected chi connectivity index (χ3v) is 3.29. The number of rotatable bonds is 3. The zero-order valence-corrected chi connectivity index (χ0v) is 12.1. The molecule has 0 bridgehead atoms. The molecule has 2 aromatic carbocycles. The largest absolute Gasteiger partial charge is 0.416 e. The first-order valence-corrected chi connectivity index (χ1v) is 6.59. The standard InChI is InChI=1S/C14H10ClF3N2S/c15-11-7-9(14(16,17)18)3-6-12(11)20-10-4-1-8(2-5-10)13(19)21/h1-7,20H,(H2,19,21). The summed E-state index contributed by atoms with van der Waals surface area (Å²) in [6.45, 7) is 0. The molecule has 0 aliphatic rings. The van der Waals surface area contributed by atoms with E-state index in [0.29, 0.717) is 16.9 Å². The maximum Gasteiger partial charge on any atom is 0.416 e. The number of nitrogens with two attached hydrogens (primary N) is 1. The van der Waals surface area contributed by atoms with E-state index in [1.54, 1.807) is 24.3 Å². The molecule has 0 heterocycles. The molecule has 0 atom stereocenters. The number of hydrogen-bond donors (Lipinski definition) is 2. The third kappa shape index (κ3) is 3.86. The molecular formula is C14H10ClF3N2S. The maximum atomic E-state index is 12.5. The van der Waals surface area contributed by atoms with E-state index >= 15 is 0 Å². The Morgan fingerprint density at radius 1 is 1.10 bits per heavy atom. The van der Waals surface area contributed by atoms with E-state index in [9.17, 15) is 13.2 Å². The van der Waals surface area contributed by atoms with E-state index < -0.39 is 11.7 Å². The van der Waals surface area contributed by atoms with Crippen LogP contribution in [-0.2, 0) is 6.18 Å². The molecule has 0 saturated carbocycles. The van der Waals surface area contributed by atoms with Crippen molar-refractivity contribution >= 4 is 40.2 Å². The van der Waals surface area contributed by atoms with Crippen molar-refractivity contribution in [1.82, 2.24) is 0 Å². The molecule has 110 valence electrons. The number of hydrogen-bond acceptors (Lipinski definition) is 2. The maximum absolute atomic E-state index is 12.5. The van der Waals surface area contributed by atoms with E-state index in [-0.39, 0.29) is 10.0 Å². The fourth-order valence-corrected chi connectivity index (χ4v) is 2.03. The predicted molar refractivity (Wildman–Crippen MR) is 82.1 cm³/mol. The monoisotopic (exact) mass is 330 g/mol. The highest BCUT2D eigenvalue weighted by atomic mass is 35.5. The minimum Gasteiger partial charge on any atom is -0.389 e. The molecule has 2 rings (SSSR count). The average molecular weight is 331 g/mol. The van der Waals surface area contributed by atoms with Crippen molar-refractivity contribution in [3.8, 4) is 0 Å². The highest BCUT2D eigenvalue weighted by molar-refractivity contribution is 7.80. The Hall–Kier alpha value is -1.79. The summed E-state index contributed by atoms with van der Waals surface area (Å²) in [7, 11) is 0. The molecular weight excluding hydrogens is 321 g/mol. The van der Waals surface area contributed by atoms with Crippen LogP contribution in [0, 0.1) is 0 Å². The van der Waals surface area contributed by atoms with Gasteiger partial charge in [0, 0.05) is 11.3 Å². The van der Waals surface area contributed by atoms with Crippen molar-refractivity contribution < 1.29 is 13.2 Å². The molecule has 0 unspecified atom stereocenters. The average Bonchev–Trinajstić information content (AvgIpc) is 2.40. The van der Waals surface area contributed by atoms with Crippen molar-refractivity contribution in [2.75, 3.05) is 5.32 Å².